The Morgan fingerprint density at radius 3 is 1.62 bits per heavy atom. The Hall–Kier alpha value is -1.59. The van der Waals surface area contributed by atoms with Crippen LogP contribution in [0.15, 0.2) is 0 Å². The summed E-state index contributed by atoms with van der Waals surface area (Å²) in [5, 5.41) is 8.44. The van der Waals surface area contributed by atoms with Gasteiger partial charge in [-0.1, -0.05) is 0 Å². The van der Waals surface area contributed by atoms with Crippen LogP contribution in [0.25, 0.3) is 0 Å². The van der Waals surface area contributed by atoms with Crippen molar-refractivity contribution < 1.29 is 27.5 Å². The molecule has 2 nitrogen and oxygen atoms in total. The summed E-state index contributed by atoms with van der Waals surface area (Å²) in [5.74, 6) is -9.57. The van der Waals surface area contributed by atoms with Crippen LogP contribution in [-0.4, -0.2) is 11.4 Å². The number of aromatic hydroxyl groups is 1. The lowest BCUT2D eigenvalue weighted by molar-refractivity contribution is 0.111. The first-order chi connectivity index (χ1) is 6.00. The fourth-order valence-corrected chi connectivity index (χ4v) is 0.741. The van der Waals surface area contributed by atoms with E-state index in [1.165, 1.54) is 0 Å². The van der Waals surface area contributed by atoms with E-state index < -0.39 is 34.6 Å². The second kappa shape index (κ2) is 3.04. The molecule has 0 aliphatic rings. The third-order valence-electron chi connectivity index (χ3n) is 1.39. The predicted octanol–water partition coefficient (Wildman–Crippen LogP) is 1.76. The molecule has 70 valence electrons. The molecule has 0 aliphatic heterocycles. The van der Waals surface area contributed by atoms with Gasteiger partial charge in [-0.2, -0.15) is 8.78 Å². The van der Waals surface area contributed by atoms with Crippen molar-refractivity contribution in [2.45, 2.75) is 0 Å². The molecule has 0 radical (unpaired) electrons. The van der Waals surface area contributed by atoms with Gasteiger partial charge in [0.05, 0.1) is 5.56 Å². The van der Waals surface area contributed by atoms with Crippen molar-refractivity contribution in [3.05, 3.63) is 28.8 Å². The van der Waals surface area contributed by atoms with E-state index in [1.807, 2.05) is 0 Å². The zero-order valence-electron chi connectivity index (χ0n) is 5.94. The maximum absolute atomic E-state index is 12.5. The van der Waals surface area contributed by atoms with Gasteiger partial charge in [-0.05, 0) is 0 Å². The minimum Gasteiger partial charge on any atom is -0.503 e. The van der Waals surface area contributed by atoms with Gasteiger partial charge < -0.3 is 5.11 Å². The molecular formula is C7H2F4O2. The fraction of sp³-hybridized carbons (Fsp3) is 0. The monoisotopic (exact) mass is 194 g/mol. The SMILES string of the molecule is O=Cc1c(F)c(F)c(O)c(F)c1F. The average Bonchev–Trinajstić information content (AvgIpc) is 2.13. The second-order valence-corrected chi connectivity index (χ2v) is 2.14. The van der Waals surface area contributed by atoms with Crippen molar-refractivity contribution in [2.24, 2.45) is 0 Å². The molecule has 0 aliphatic carbocycles. The molecule has 0 saturated carbocycles. The van der Waals surface area contributed by atoms with Crippen molar-refractivity contribution in [3.8, 4) is 5.75 Å². The average molecular weight is 194 g/mol. The van der Waals surface area contributed by atoms with E-state index in [0.29, 0.717) is 0 Å². The maximum atomic E-state index is 12.5. The topological polar surface area (TPSA) is 37.3 Å². The smallest absolute Gasteiger partial charge is 0.204 e. The number of carbonyl (C=O) groups excluding carboxylic acids is 1. The number of aldehydes is 1. The first-order valence-electron chi connectivity index (χ1n) is 3.00. The van der Waals surface area contributed by atoms with Crippen molar-refractivity contribution in [3.63, 3.8) is 0 Å². The van der Waals surface area contributed by atoms with Gasteiger partial charge in [0.1, 0.15) is 0 Å². The summed E-state index contributed by atoms with van der Waals surface area (Å²) < 4.78 is 49.9. The summed E-state index contributed by atoms with van der Waals surface area (Å²) in [6.07, 6.45) is -0.379. The predicted molar refractivity (Wildman–Crippen MR) is 33.3 cm³/mol. The molecule has 6 heteroatoms. The van der Waals surface area contributed by atoms with Crippen LogP contribution in [0, 0.1) is 23.3 Å². The fourth-order valence-electron chi connectivity index (χ4n) is 0.741. The highest BCUT2D eigenvalue weighted by Gasteiger charge is 2.24. The molecule has 0 aromatic heterocycles. The number of rotatable bonds is 1. The number of hydrogen-bond donors (Lipinski definition) is 1. The van der Waals surface area contributed by atoms with Gasteiger partial charge in [0, 0.05) is 0 Å². The second-order valence-electron chi connectivity index (χ2n) is 2.14. The van der Waals surface area contributed by atoms with E-state index in [9.17, 15) is 22.4 Å². The van der Waals surface area contributed by atoms with E-state index >= 15 is 0 Å². The molecule has 0 atom stereocenters. The Kier molecular flexibility index (Phi) is 2.22. The zero-order valence-corrected chi connectivity index (χ0v) is 5.94. The third kappa shape index (κ3) is 1.24. The minimum absolute atomic E-state index is 0.379. The van der Waals surface area contributed by atoms with Crippen LogP contribution in [0.4, 0.5) is 17.6 Å². The molecular weight excluding hydrogens is 192 g/mol. The van der Waals surface area contributed by atoms with Crippen molar-refractivity contribution in [1.29, 1.82) is 0 Å². The lowest BCUT2D eigenvalue weighted by Crippen LogP contribution is -2.02. The normalized spacial score (nSPS) is 10.2. The number of hydrogen-bond acceptors (Lipinski definition) is 2. The summed E-state index contributed by atoms with van der Waals surface area (Å²) in [6.45, 7) is 0. The summed E-state index contributed by atoms with van der Waals surface area (Å²) in [4.78, 5) is 9.97. The quantitative estimate of drug-likeness (QED) is 0.420. The zero-order chi connectivity index (χ0) is 10.2. The minimum atomic E-state index is -1.99. The Morgan fingerprint density at radius 1 is 0.923 bits per heavy atom. The van der Waals surface area contributed by atoms with Crippen LogP contribution in [-0.2, 0) is 0 Å². The number of phenolic OH excluding ortho intramolecular Hbond substituents is 1. The lowest BCUT2D eigenvalue weighted by Gasteiger charge is -2.02. The molecule has 13 heavy (non-hydrogen) atoms. The molecule has 1 rings (SSSR count). The van der Waals surface area contributed by atoms with Crippen LogP contribution in [0.5, 0.6) is 5.75 Å². The molecule has 0 spiro atoms. The Balaban J connectivity index is 3.66. The molecule has 0 fully saturated rings. The first-order valence-corrected chi connectivity index (χ1v) is 3.00. The Morgan fingerprint density at radius 2 is 1.31 bits per heavy atom. The van der Waals surface area contributed by atoms with Gasteiger partial charge in [-0.15, -0.1) is 0 Å². The van der Waals surface area contributed by atoms with Gasteiger partial charge in [0.2, 0.25) is 11.6 Å². The molecule has 1 aromatic carbocycles. The van der Waals surface area contributed by atoms with E-state index in [4.69, 9.17) is 5.11 Å². The van der Waals surface area contributed by atoms with E-state index in [2.05, 4.69) is 0 Å². The molecule has 0 saturated heterocycles. The largest absolute Gasteiger partial charge is 0.503 e. The number of halogens is 4. The summed E-state index contributed by atoms with van der Waals surface area (Å²) in [7, 11) is 0. The summed E-state index contributed by atoms with van der Waals surface area (Å²) >= 11 is 0. The van der Waals surface area contributed by atoms with E-state index in [-0.39, 0.29) is 6.29 Å². The van der Waals surface area contributed by atoms with Gasteiger partial charge in [0.15, 0.2) is 23.7 Å². The van der Waals surface area contributed by atoms with Crippen LogP contribution in [0.3, 0.4) is 0 Å². The Bertz CT molecular complexity index is 346. The van der Waals surface area contributed by atoms with Gasteiger partial charge in [-0.3, -0.25) is 4.79 Å². The van der Waals surface area contributed by atoms with Crippen LogP contribution in [0.1, 0.15) is 10.4 Å². The molecule has 0 bridgehead atoms. The molecule has 1 N–H and O–H groups in total. The van der Waals surface area contributed by atoms with E-state index in [1.54, 1.807) is 0 Å². The third-order valence-corrected chi connectivity index (χ3v) is 1.39. The lowest BCUT2D eigenvalue weighted by atomic mass is 10.2. The molecule has 0 heterocycles. The number of phenols is 1. The van der Waals surface area contributed by atoms with Gasteiger partial charge >= 0.3 is 0 Å². The highest BCUT2D eigenvalue weighted by atomic mass is 19.2. The van der Waals surface area contributed by atoms with Crippen molar-refractivity contribution in [1.82, 2.24) is 0 Å². The molecule has 0 amide bonds. The molecule has 1 aromatic rings. The first kappa shape index (κ1) is 9.50. The number of carbonyl (C=O) groups is 1. The van der Waals surface area contributed by atoms with E-state index in [0.717, 1.165) is 0 Å². The van der Waals surface area contributed by atoms with Crippen LogP contribution < -0.4 is 0 Å². The van der Waals surface area contributed by atoms with Gasteiger partial charge in [0.25, 0.3) is 0 Å². The number of benzene rings is 1. The van der Waals surface area contributed by atoms with Crippen molar-refractivity contribution >= 4 is 6.29 Å². The summed E-state index contributed by atoms with van der Waals surface area (Å²) in [5.41, 5.74) is -1.38. The Labute approximate surface area is 69.4 Å². The van der Waals surface area contributed by atoms with Crippen LogP contribution in [0.2, 0.25) is 0 Å². The highest BCUT2D eigenvalue weighted by Crippen LogP contribution is 2.27. The van der Waals surface area contributed by atoms with Crippen LogP contribution >= 0.6 is 0 Å². The van der Waals surface area contributed by atoms with Gasteiger partial charge in [-0.25, -0.2) is 8.78 Å². The molecule has 0 unspecified atom stereocenters. The summed E-state index contributed by atoms with van der Waals surface area (Å²) in [6, 6.07) is 0. The standard InChI is InChI=1S/C7H2F4O2/c8-3-2(1-12)4(9)6(11)7(13)5(3)10/h1,13H. The maximum Gasteiger partial charge on any atom is 0.204 e. The van der Waals surface area contributed by atoms with Crippen molar-refractivity contribution in [2.75, 3.05) is 0 Å². The highest BCUT2D eigenvalue weighted by molar-refractivity contribution is 5.76.